The number of carboxylic acid groups (broad SMARTS) is 1. The van der Waals surface area contributed by atoms with E-state index in [-0.39, 0.29) is 6.04 Å². The number of hydrogen-bond acceptors (Lipinski definition) is 3. The smallest absolute Gasteiger partial charge is 0.320 e. The number of hydrogen-bond donors (Lipinski definition) is 2. The fourth-order valence-corrected chi connectivity index (χ4v) is 2.21. The Kier molecular flexibility index (Phi) is 5.11. The van der Waals surface area contributed by atoms with Gasteiger partial charge in [0.2, 0.25) is 0 Å². The van der Waals surface area contributed by atoms with Gasteiger partial charge in [-0.05, 0) is 12.0 Å². The lowest BCUT2D eigenvalue weighted by atomic mass is 10.1. The molecule has 112 valence electrons. The summed E-state index contributed by atoms with van der Waals surface area (Å²) in [5.41, 5.74) is 2.15. The molecule has 0 saturated carbocycles. The van der Waals surface area contributed by atoms with Crippen LogP contribution in [-0.4, -0.2) is 32.9 Å². The van der Waals surface area contributed by atoms with E-state index in [0.717, 1.165) is 11.1 Å². The average Bonchev–Trinajstić information content (AvgIpc) is 2.92. The van der Waals surface area contributed by atoms with Gasteiger partial charge in [-0.3, -0.25) is 9.48 Å². The first-order chi connectivity index (χ1) is 10.1. The number of rotatable bonds is 7. The molecule has 21 heavy (non-hydrogen) atoms. The number of carboxylic acids is 1. The lowest BCUT2D eigenvalue weighted by Gasteiger charge is -2.16. The molecule has 2 rings (SSSR count). The molecule has 1 atom stereocenters. The van der Waals surface area contributed by atoms with Gasteiger partial charge in [0.25, 0.3) is 0 Å². The molecule has 2 N–H and O–H groups in total. The Morgan fingerprint density at radius 1 is 1.29 bits per heavy atom. The molecule has 0 spiro atoms. The van der Waals surface area contributed by atoms with Gasteiger partial charge in [0.1, 0.15) is 6.04 Å². The molecule has 0 amide bonds. The molecule has 0 aliphatic rings. The molecular weight excluding hydrogens is 266 g/mol. The van der Waals surface area contributed by atoms with Gasteiger partial charge in [0.05, 0.1) is 6.20 Å². The maximum absolute atomic E-state index is 11.2. The lowest BCUT2D eigenvalue weighted by Crippen LogP contribution is -2.41. The predicted octanol–water partition coefficient (Wildman–Crippen LogP) is 2.39. The van der Waals surface area contributed by atoms with Gasteiger partial charge in [-0.15, -0.1) is 0 Å². The molecule has 0 fully saturated rings. The quantitative estimate of drug-likeness (QED) is 0.820. The zero-order chi connectivity index (χ0) is 15.2. The fraction of sp³-hybridized carbons (Fsp3) is 0.375. The summed E-state index contributed by atoms with van der Waals surface area (Å²) in [7, 11) is 0. The van der Waals surface area contributed by atoms with Crippen molar-refractivity contribution in [2.24, 2.45) is 0 Å². The molecule has 5 nitrogen and oxygen atoms in total. The Morgan fingerprint density at radius 3 is 2.62 bits per heavy atom. The van der Waals surface area contributed by atoms with Crippen LogP contribution in [0.15, 0.2) is 42.7 Å². The van der Waals surface area contributed by atoms with E-state index in [0.29, 0.717) is 13.0 Å². The molecule has 1 aromatic carbocycles. The lowest BCUT2D eigenvalue weighted by molar-refractivity contribution is -0.139. The van der Waals surface area contributed by atoms with Crippen molar-refractivity contribution >= 4 is 5.97 Å². The second-order valence-corrected chi connectivity index (χ2v) is 5.36. The van der Waals surface area contributed by atoms with Crippen LogP contribution in [0.5, 0.6) is 0 Å². The van der Waals surface area contributed by atoms with Gasteiger partial charge in [-0.1, -0.05) is 44.2 Å². The Labute approximate surface area is 124 Å². The van der Waals surface area contributed by atoms with Crippen molar-refractivity contribution in [1.29, 1.82) is 0 Å². The molecule has 1 aromatic heterocycles. The third-order valence-electron chi connectivity index (χ3n) is 3.22. The van der Waals surface area contributed by atoms with Crippen molar-refractivity contribution in [2.45, 2.75) is 38.9 Å². The van der Waals surface area contributed by atoms with Crippen LogP contribution in [0.1, 0.15) is 20.3 Å². The SMILES string of the molecule is CC(C)NC(CCn1cc(-c2ccccc2)cn1)C(=O)O. The largest absolute Gasteiger partial charge is 0.480 e. The monoisotopic (exact) mass is 287 g/mol. The summed E-state index contributed by atoms with van der Waals surface area (Å²) < 4.78 is 1.79. The van der Waals surface area contributed by atoms with Gasteiger partial charge in [-0.25, -0.2) is 0 Å². The number of aromatic nitrogens is 2. The van der Waals surface area contributed by atoms with Gasteiger partial charge >= 0.3 is 5.97 Å². The van der Waals surface area contributed by atoms with Crippen LogP contribution in [0.3, 0.4) is 0 Å². The highest BCUT2D eigenvalue weighted by molar-refractivity contribution is 5.73. The fourth-order valence-electron chi connectivity index (χ4n) is 2.21. The number of nitrogens with one attached hydrogen (secondary N) is 1. The van der Waals surface area contributed by atoms with Gasteiger partial charge in [0, 0.05) is 24.3 Å². The number of aliphatic carboxylic acids is 1. The minimum atomic E-state index is -0.820. The summed E-state index contributed by atoms with van der Waals surface area (Å²) in [4.78, 5) is 11.2. The Morgan fingerprint density at radius 2 is 2.00 bits per heavy atom. The molecular formula is C16H21N3O2. The van der Waals surface area contributed by atoms with Crippen LogP contribution in [0.2, 0.25) is 0 Å². The maximum atomic E-state index is 11.2. The zero-order valence-electron chi connectivity index (χ0n) is 12.4. The highest BCUT2D eigenvalue weighted by atomic mass is 16.4. The summed E-state index contributed by atoms with van der Waals surface area (Å²) in [6.45, 7) is 4.46. The summed E-state index contributed by atoms with van der Waals surface area (Å²) in [6.07, 6.45) is 4.26. The number of aryl methyl sites for hydroxylation is 1. The number of carbonyl (C=O) groups is 1. The third kappa shape index (κ3) is 4.43. The maximum Gasteiger partial charge on any atom is 0.320 e. The van der Waals surface area contributed by atoms with E-state index in [4.69, 9.17) is 0 Å². The molecule has 2 aromatic rings. The van der Waals surface area contributed by atoms with Crippen molar-refractivity contribution in [3.8, 4) is 11.1 Å². The van der Waals surface area contributed by atoms with Crippen LogP contribution in [0.4, 0.5) is 0 Å². The van der Waals surface area contributed by atoms with Crippen molar-refractivity contribution < 1.29 is 9.90 Å². The van der Waals surface area contributed by atoms with E-state index in [1.54, 1.807) is 10.9 Å². The average molecular weight is 287 g/mol. The minimum absolute atomic E-state index is 0.142. The van der Waals surface area contributed by atoms with Crippen molar-refractivity contribution in [3.05, 3.63) is 42.7 Å². The summed E-state index contributed by atoms with van der Waals surface area (Å²) in [5, 5.41) is 16.5. The van der Waals surface area contributed by atoms with Gasteiger partial charge in [-0.2, -0.15) is 5.10 Å². The van der Waals surface area contributed by atoms with Crippen LogP contribution < -0.4 is 5.32 Å². The first-order valence-electron chi connectivity index (χ1n) is 7.13. The highest BCUT2D eigenvalue weighted by Gasteiger charge is 2.17. The first-order valence-corrected chi connectivity index (χ1v) is 7.13. The summed E-state index contributed by atoms with van der Waals surface area (Å²) in [6, 6.07) is 9.60. The van der Waals surface area contributed by atoms with Crippen molar-refractivity contribution in [3.63, 3.8) is 0 Å². The molecule has 5 heteroatoms. The van der Waals surface area contributed by atoms with E-state index in [1.807, 2.05) is 50.4 Å². The minimum Gasteiger partial charge on any atom is -0.480 e. The standard InChI is InChI=1S/C16H21N3O2/c1-12(2)18-15(16(20)21)8-9-19-11-14(10-17-19)13-6-4-3-5-7-13/h3-7,10-12,15,18H,8-9H2,1-2H3,(H,20,21). The molecule has 0 aliphatic heterocycles. The summed E-state index contributed by atoms with van der Waals surface area (Å²) in [5.74, 6) is -0.820. The van der Waals surface area contributed by atoms with Crippen LogP contribution >= 0.6 is 0 Å². The van der Waals surface area contributed by atoms with Crippen LogP contribution in [0, 0.1) is 0 Å². The van der Waals surface area contributed by atoms with E-state index in [1.165, 1.54) is 0 Å². The number of nitrogens with zero attached hydrogens (tertiary/aromatic N) is 2. The Balaban J connectivity index is 1.98. The molecule has 0 saturated heterocycles. The molecule has 0 aliphatic carbocycles. The van der Waals surface area contributed by atoms with Gasteiger partial charge < -0.3 is 10.4 Å². The van der Waals surface area contributed by atoms with Crippen LogP contribution in [0.25, 0.3) is 11.1 Å². The topological polar surface area (TPSA) is 67.2 Å². The zero-order valence-corrected chi connectivity index (χ0v) is 12.4. The van der Waals surface area contributed by atoms with Gasteiger partial charge in [0.15, 0.2) is 0 Å². The summed E-state index contributed by atoms with van der Waals surface area (Å²) >= 11 is 0. The van der Waals surface area contributed by atoms with E-state index in [2.05, 4.69) is 10.4 Å². The van der Waals surface area contributed by atoms with E-state index < -0.39 is 12.0 Å². The van der Waals surface area contributed by atoms with E-state index >= 15 is 0 Å². The molecule has 0 bridgehead atoms. The second-order valence-electron chi connectivity index (χ2n) is 5.36. The third-order valence-corrected chi connectivity index (χ3v) is 3.22. The van der Waals surface area contributed by atoms with Crippen molar-refractivity contribution in [2.75, 3.05) is 0 Å². The predicted molar refractivity (Wildman–Crippen MR) is 82.0 cm³/mol. The normalized spacial score (nSPS) is 12.5. The van der Waals surface area contributed by atoms with Crippen LogP contribution in [-0.2, 0) is 11.3 Å². The van der Waals surface area contributed by atoms with E-state index in [9.17, 15) is 9.90 Å². The molecule has 1 heterocycles. The molecule has 0 radical (unpaired) electrons. The Bertz CT molecular complexity index is 578. The van der Waals surface area contributed by atoms with Crippen molar-refractivity contribution in [1.82, 2.24) is 15.1 Å². The second kappa shape index (κ2) is 7.04. The number of benzene rings is 1. The molecule has 1 unspecified atom stereocenters. The first kappa shape index (κ1) is 15.3. The Hall–Kier alpha value is -2.14. The highest BCUT2D eigenvalue weighted by Crippen LogP contribution is 2.17.